The molecule has 1 aliphatic rings. The van der Waals surface area contributed by atoms with E-state index in [4.69, 9.17) is 0 Å². The second-order valence-electron chi connectivity index (χ2n) is 6.16. The Morgan fingerprint density at radius 3 is 2.52 bits per heavy atom. The number of halogens is 1. The molecule has 1 aliphatic heterocycles. The molecule has 0 aromatic carbocycles. The lowest BCUT2D eigenvalue weighted by molar-refractivity contribution is 0.382. The van der Waals surface area contributed by atoms with Crippen LogP contribution in [0.5, 0.6) is 0 Å². The molecule has 6 nitrogen and oxygen atoms in total. The van der Waals surface area contributed by atoms with Crippen LogP contribution in [0.1, 0.15) is 27.7 Å². The van der Waals surface area contributed by atoms with E-state index in [0.29, 0.717) is 17.7 Å². The molecule has 1 fully saturated rings. The number of sulfonamides is 1. The Balaban J connectivity index is 0.00000484. The molecule has 0 bridgehead atoms. The molecule has 23 heavy (non-hydrogen) atoms. The average Bonchev–Trinajstić information content (AvgIpc) is 2.42. The Labute approximate surface area is 162 Å². The maximum absolute atomic E-state index is 11.8. The van der Waals surface area contributed by atoms with Crippen molar-refractivity contribution < 1.29 is 8.42 Å². The summed E-state index contributed by atoms with van der Waals surface area (Å²) in [4.78, 5) is 6.52. The monoisotopic (exact) mass is 478 g/mol. The van der Waals surface area contributed by atoms with E-state index < -0.39 is 10.0 Å². The van der Waals surface area contributed by atoms with E-state index in [0.717, 1.165) is 24.8 Å². The maximum Gasteiger partial charge on any atom is 0.213 e. The predicted molar refractivity (Wildman–Crippen MR) is 111 cm³/mol. The Bertz CT molecular complexity index is 469. The van der Waals surface area contributed by atoms with Crippen LogP contribution in [-0.2, 0) is 10.0 Å². The van der Waals surface area contributed by atoms with Gasteiger partial charge in [0.1, 0.15) is 0 Å². The van der Waals surface area contributed by atoms with Gasteiger partial charge in [0.2, 0.25) is 10.0 Å². The zero-order chi connectivity index (χ0) is 16.8. The highest BCUT2D eigenvalue weighted by molar-refractivity contribution is 14.0. The summed E-state index contributed by atoms with van der Waals surface area (Å²) in [7, 11) is -1.48. The first-order valence-electron chi connectivity index (χ1n) is 7.82. The molecule has 0 aliphatic carbocycles. The summed E-state index contributed by atoms with van der Waals surface area (Å²) >= 11 is 2.01. The van der Waals surface area contributed by atoms with Crippen LogP contribution in [0.2, 0.25) is 0 Å². The van der Waals surface area contributed by atoms with Gasteiger partial charge in [-0.25, -0.2) is 13.1 Å². The maximum atomic E-state index is 11.8. The van der Waals surface area contributed by atoms with Crippen LogP contribution in [-0.4, -0.2) is 68.8 Å². The minimum atomic E-state index is -3.23. The van der Waals surface area contributed by atoms with Crippen LogP contribution >= 0.6 is 35.7 Å². The Morgan fingerprint density at radius 2 is 2.00 bits per heavy atom. The van der Waals surface area contributed by atoms with Crippen molar-refractivity contribution in [2.24, 2.45) is 10.9 Å². The lowest BCUT2D eigenvalue weighted by atomic mass is 10.1. The first-order chi connectivity index (χ1) is 10.2. The average molecular weight is 478 g/mol. The van der Waals surface area contributed by atoms with Crippen LogP contribution in [0.3, 0.4) is 0 Å². The van der Waals surface area contributed by atoms with Crippen molar-refractivity contribution in [3.05, 3.63) is 0 Å². The van der Waals surface area contributed by atoms with E-state index in [-0.39, 0.29) is 35.8 Å². The highest BCUT2D eigenvalue weighted by Gasteiger charge is 2.25. The second kappa shape index (κ2) is 11.0. The SMILES string of the molecule is CN=C(NCCS(=O)(=O)NC(C)C)N1CCSC(C(C)C)C1.I. The zero-order valence-electron chi connectivity index (χ0n) is 14.7. The molecule has 0 aromatic rings. The third-order valence-electron chi connectivity index (χ3n) is 3.42. The molecular weight excluding hydrogens is 447 g/mol. The molecule has 1 rings (SSSR count). The van der Waals surface area contributed by atoms with Gasteiger partial charge in [0.05, 0.1) is 5.75 Å². The molecule has 1 heterocycles. The van der Waals surface area contributed by atoms with Crippen LogP contribution < -0.4 is 10.0 Å². The number of guanidine groups is 1. The summed E-state index contributed by atoms with van der Waals surface area (Å²) in [5, 5.41) is 3.77. The fourth-order valence-corrected chi connectivity index (χ4v) is 4.82. The van der Waals surface area contributed by atoms with Gasteiger partial charge in [0, 0.05) is 43.7 Å². The fourth-order valence-electron chi connectivity index (χ4n) is 2.32. The molecule has 1 unspecified atom stereocenters. The largest absolute Gasteiger partial charge is 0.355 e. The smallest absolute Gasteiger partial charge is 0.213 e. The Kier molecular flexibility index (Phi) is 11.1. The van der Waals surface area contributed by atoms with Crippen LogP contribution in [0.15, 0.2) is 4.99 Å². The summed E-state index contributed by atoms with van der Waals surface area (Å²) in [6.07, 6.45) is 0. The molecule has 0 amide bonds. The zero-order valence-corrected chi connectivity index (χ0v) is 18.7. The van der Waals surface area contributed by atoms with Crippen molar-refractivity contribution in [1.82, 2.24) is 14.9 Å². The number of rotatable bonds is 6. The molecule has 2 N–H and O–H groups in total. The van der Waals surface area contributed by atoms with E-state index in [9.17, 15) is 8.42 Å². The first kappa shape index (κ1) is 23.3. The molecule has 0 spiro atoms. The van der Waals surface area contributed by atoms with Crippen molar-refractivity contribution in [2.75, 3.05) is 38.2 Å². The molecule has 1 atom stereocenters. The van der Waals surface area contributed by atoms with E-state index in [1.54, 1.807) is 7.05 Å². The van der Waals surface area contributed by atoms with E-state index in [1.165, 1.54) is 0 Å². The van der Waals surface area contributed by atoms with Gasteiger partial charge in [-0.3, -0.25) is 4.99 Å². The second-order valence-corrected chi connectivity index (χ2v) is 9.39. The van der Waals surface area contributed by atoms with Crippen LogP contribution in [0.25, 0.3) is 0 Å². The van der Waals surface area contributed by atoms with Gasteiger partial charge < -0.3 is 10.2 Å². The topological polar surface area (TPSA) is 73.8 Å². The van der Waals surface area contributed by atoms with Gasteiger partial charge in [-0.2, -0.15) is 11.8 Å². The number of aliphatic imine (C=N–C) groups is 1. The van der Waals surface area contributed by atoms with Crippen molar-refractivity contribution >= 4 is 51.7 Å². The lowest BCUT2D eigenvalue weighted by Gasteiger charge is -2.36. The van der Waals surface area contributed by atoms with Gasteiger partial charge in [0.25, 0.3) is 0 Å². The van der Waals surface area contributed by atoms with Gasteiger partial charge >= 0.3 is 0 Å². The Hall–Kier alpha value is 0.260. The highest BCUT2D eigenvalue weighted by atomic mass is 127. The Morgan fingerprint density at radius 1 is 1.35 bits per heavy atom. The normalized spacial score (nSPS) is 19.9. The number of thioether (sulfide) groups is 1. The molecule has 138 valence electrons. The number of hydrogen-bond donors (Lipinski definition) is 2. The molecule has 9 heteroatoms. The van der Waals surface area contributed by atoms with Crippen molar-refractivity contribution in [3.63, 3.8) is 0 Å². The van der Waals surface area contributed by atoms with Crippen molar-refractivity contribution in [3.8, 4) is 0 Å². The third kappa shape index (κ3) is 8.78. The summed E-state index contributed by atoms with van der Waals surface area (Å²) in [6.45, 7) is 10.4. The lowest BCUT2D eigenvalue weighted by Crippen LogP contribution is -2.50. The first-order valence-corrected chi connectivity index (χ1v) is 10.5. The molecule has 0 radical (unpaired) electrons. The molecule has 1 saturated heterocycles. The summed E-state index contributed by atoms with van der Waals surface area (Å²) < 4.78 is 26.2. The summed E-state index contributed by atoms with van der Waals surface area (Å²) in [5.74, 6) is 2.56. The summed E-state index contributed by atoms with van der Waals surface area (Å²) in [6, 6.07) is -0.0739. The van der Waals surface area contributed by atoms with Crippen LogP contribution in [0.4, 0.5) is 0 Å². The minimum absolute atomic E-state index is 0. The van der Waals surface area contributed by atoms with Gasteiger partial charge in [-0.1, -0.05) is 13.8 Å². The van der Waals surface area contributed by atoms with E-state index in [2.05, 4.69) is 33.8 Å². The molecular formula is C14H31IN4O2S2. The fraction of sp³-hybridized carbons (Fsp3) is 0.929. The van der Waals surface area contributed by atoms with E-state index in [1.807, 2.05) is 25.6 Å². The number of nitrogens with one attached hydrogen (secondary N) is 2. The number of nitrogens with zero attached hydrogens (tertiary/aromatic N) is 2. The standard InChI is InChI=1S/C14H30N4O2S2.HI/c1-11(2)13-10-18(7-8-21-13)14(15-5)16-6-9-22(19,20)17-12(3)4;/h11-13,17H,6-10H2,1-5H3,(H,15,16);1H. The van der Waals surface area contributed by atoms with Crippen LogP contribution in [0, 0.1) is 5.92 Å². The highest BCUT2D eigenvalue weighted by Crippen LogP contribution is 2.24. The predicted octanol–water partition coefficient (Wildman–Crippen LogP) is 1.58. The summed E-state index contributed by atoms with van der Waals surface area (Å²) in [5.41, 5.74) is 0. The minimum Gasteiger partial charge on any atom is -0.355 e. The van der Waals surface area contributed by atoms with E-state index >= 15 is 0 Å². The van der Waals surface area contributed by atoms with Gasteiger partial charge in [0.15, 0.2) is 5.96 Å². The third-order valence-corrected chi connectivity index (χ3v) is 6.53. The molecule has 0 aromatic heterocycles. The quantitative estimate of drug-likeness (QED) is 0.345. The van der Waals surface area contributed by atoms with Crippen molar-refractivity contribution in [1.29, 1.82) is 0 Å². The number of hydrogen-bond acceptors (Lipinski definition) is 4. The van der Waals surface area contributed by atoms with Gasteiger partial charge in [-0.05, 0) is 19.8 Å². The van der Waals surface area contributed by atoms with Gasteiger partial charge in [-0.15, -0.1) is 24.0 Å². The molecule has 0 saturated carbocycles. The van der Waals surface area contributed by atoms with Crippen molar-refractivity contribution in [2.45, 2.75) is 39.0 Å².